The first-order chi connectivity index (χ1) is 24.5. The van der Waals surface area contributed by atoms with Crippen molar-refractivity contribution in [3.8, 4) is 23.0 Å². The van der Waals surface area contributed by atoms with Crippen LogP contribution in [-0.2, 0) is 22.8 Å². The standard InChI is InChI=1S/C44H54O6/c1-35(43(45)49-41-29-25-39(26-30-41)47-33-37-21-15-11-16-22-37)19-13-9-7-5-3-4-6-8-10-14-20-36(2)44(46)50-42-31-27-40(28-32-42)48-34-38-23-17-12-18-24-38/h11-12,15-18,21-32,35-36H,3-10,13-14,19-20,33-34H2,1-2H3/t35-,36-/m0/s1. The molecular weight excluding hydrogens is 624 g/mol. The second kappa shape index (κ2) is 22.2. The van der Waals surface area contributed by atoms with Gasteiger partial charge < -0.3 is 18.9 Å². The number of carbonyl (C=O) groups excluding carboxylic acids is 2. The molecular formula is C44H54O6. The minimum absolute atomic E-state index is 0.120. The summed E-state index contributed by atoms with van der Waals surface area (Å²) in [6, 6.07) is 34.5. The van der Waals surface area contributed by atoms with Crippen molar-refractivity contribution in [3.05, 3.63) is 120 Å². The molecule has 2 atom stereocenters. The lowest BCUT2D eigenvalue weighted by Crippen LogP contribution is -2.17. The van der Waals surface area contributed by atoms with Gasteiger partial charge in [-0.25, -0.2) is 0 Å². The molecule has 6 nitrogen and oxygen atoms in total. The largest absolute Gasteiger partial charge is 0.489 e. The van der Waals surface area contributed by atoms with Crippen molar-refractivity contribution in [3.63, 3.8) is 0 Å². The van der Waals surface area contributed by atoms with Crippen molar-refractivity contribution >= 4 is 11.9 Å². The number of hydrogen-bond donors (Lipinski definition) is 0. The Labute approximate surface area is 299 Å². The first-order valence-corrected chi connectivity index (χ1v) is 18.4. The fourth-order valence-electron chi connectivity index (χ4n) is 5.67. The van der Waals surface area contributed by atoms with E-state index in [0.29, 0.717) is 24.7 Å². The molecule has 0 spiro atoms. The van der Waals surface area contributed by atoms with Crippen LogP contribution in [-0.4, -0.2) is 11.9 Å². The van der Waals surface area contributed by atoms with E-state index in [4.69, 9.17) is 18.9 Å². The van der Waals surface area contributed by atoms with Gasteiger partial charge in [0.15, 0.2) is 0 Å². The summed E-state index contributed by atoms with van der Waals surface area (Å²) in [5, 5.41) is 0. The molecule has 0 fully saturated rings. The van der Waals surface area contributed by atoms with E-state index in [9.17, 15) is 9.59 Å². The molecule has 4 aromatic carbocycles. The number of ether oxygens (including phenoxy) is 4. The lowest BCUT2D eigenvalue weighted by Gasteiger charge is -2.12. The maximum Gasteiger partial charge on any atom is 0.314 e. The second-order valence-corrected chi connectivity index (χ2v) is 13.2. The molecule has 50 heavy (non-hydrogen) atoms. The van der Waals surface area contributed by atoms with Crippen LogP contribution in [0, 0.1) is 11.8 Å². The average Bonchev–Trinajstić information content (AvgIpc) is 3.15. The molecule has 0 aliphatic heterocycles. The smallest absolute Gasteiger partial charge is 0.314 e. The Morgan fingerprint density at radius 2 is 0.720 bits per heavy atom. The Morgan fingerprint density at radius 1 is 0.420 bits per heavy atom. The van der Waals surface area contributed by atoms with Gasteiger partial charge in [0.1, 0.15) is 36.2 Å². The van der Waals surface area contributed by atoms with Gasteiger partial charge in [-0.2, -0.15) is 0 Å². The van der Waals surface area contributed by atoms with E-state index >= 15 is 0 Å². The van der Waals surface area contributed by atoms with Crippen LogP contribution < -0.4 is 18.9 Å². The van der Waals surface area contributed by atoms with E-state index in [2.05, 4.69) is 0 Å². The zero-order valence-corrected chi connectivity index (χ0v) is 29.9. The third kappa shape index (κ3) is 14.9. The van der Waals surface area contributed by atoms with Crippen LogP contribution in [0.3, 0.4) is 0 Å². The molecule has 0 unspecified atom stereocenters. The molecule has 6 heteroatoms. The maximum absolute atomic E-state index is 12.5. The predicted molar refractivity (Wildman–Crippen MR) is 199 cm³/mol. The summed E-state index contributed by atoms with van der Waals surface area (Å²) < 4.78 is 22.8. The lowest BCUT2D eigenvalue weighted by atomic mass is 10.00. The molecule has 0 radical (unpaired) electrons. The second-order valence-electron chi connectivity index (χ2n) is 13.2. The lowest BCUT2D eigenvalue weighted by molar-refractivity contribution is -0.139. The fraction of sp³-hybridized carbons (Fsp3) is 0.409. The van der Waals surface area contributed by atoms with Gasteiger partial charge in [-0.3, -0.25) is 9.59 Å². The Balaban J connectivity index is 0.942. The first kappa shape index (κ1) is 38.2. The molecule has 4 aromatic rings. The third-order valence-corrected chi connectivity index (χ3v) is 8.91. The molecule has 0 heterocycles. The van der Waals surface area contributed by atoms with Crippen LogP contribution in [0.1, 0.15) is 102 Å². The van der Waals surface area contributed by atoms with Crippen LogP contribution >= 0.6 is 0 Å². The summed E-state index contributed by atoms with van der Waals surface area (Å²) >= 11 is 0. The molecule has 0 saturated heterocycles. The molecule has 0 bridgehead atoms. The van der Waals surface area contributed by atoms with Crippen molar-refractivity contribution in [2.75, 3.05) is 0 Å². The molecule has 4 rings (SSSR count). The van der Waals surface area contributed by atoms with E-state index in [1.165, 1.54) is 38.5 Å². The molecule has 0 saturated carbocycles. The van der Waals surface area contributed by atoms with E-state index in [0.717, 1.165) is 61.2 Å². The van der Waals surface area contributed by atoms with Crippen molar-refractivity contribution < 1.29 is 28.5 Å². The molecule has 0 aliphatic rings. The summed E-state index contributed by atoms with van der Waals surface area (Å²) in [6.07, 6.45) is 13.4. The number of esters is 2. The van der Waals surface area contributed by atoms with Crippen LogP contribution in [0.2, 0.25) is 0 Å². The van der Waals surface area contributed by atoms with E-state index in [1.54, 1.807) is 24.3 Å². The maximum atomic E-state index is 12.5. The van der Waals surface area contributed by atoms with Gasteiger partial charge in [0.05, 0.1) is 11.8 Å². The van der Waals surface area contributed by atoms with Crippen LogP contribution in [0.15, 0.2) is 109 Å². The van der Waals surface area contributed by atoms with E-state index in [-0.39, 0.29) is 23.8 Å². The Hall–Kier alpha value is -4.58. The molecule has 0 N–H and O–H groups in total. The number of benzene rings is 4. The van der Waals surface area contributed by atoms with Gasteiger partial charge in [0.25, 0.3) is 0 Å². The summed E-state index contributed by atoms with van der Waals surface area (Å²) in [6.45, 7) is 4.91. The zero-order chi connectivity index (χ0) is 35.2. The summed E-state index contributed by atoms with van der Waals surface area (Å²) in [7, 11) is 0. The van der Waals surface area contributed by atoms with Gasteiger partial charge in [-0.1, -0.05) is 139 Å². The summed E-state index contributed by atoms with van der Waals surface area (Å²) in [4.78, 5) is 25.1. The first-order valence-electron chi connectivity index (χ1n) is 18.4. The summed E-state index contributed by atoms with van der Waals surface area (Å²) in [5.41, 5.74) is 2.22. The van der Waals surface area contributed by atoms with Crippen LogP contribution in [0.4, 0.5) is 0 Å². The molecule has 266 valence electrons. The highest BCUT2D eigenvalue weighted by Crippen LogP contribution is 2.23. The minimum atomic E-state index is -0.176. The Bertz CT molecular complexity index is 1390. The number of hydrogen-bond acceptors (Lipinski definition) is 6. The monoisotopic (exact) mass is 678 g/mol. The van der Waals surface area contributed by atoms with Gasteiger partial charge >= 0.3 is 11.9 Å². The number of rotatable bonds is 23. The highest BCUT2D eigenvalue weighted by Gasteiger charge is 2.16. The van der Waals surface area contributed by atoms with Crippen molar-refractivity contribution in [1.82, 2.24) is 0 Å². The Morgan fingerprint density at radius 3 is 1.06 bits per heavy atom. The number of carbonyl (C=O) groups is 2. The molecule has 0 aliphatic carbocycles. The van der Waals surface area contributed by atoms with E-state index < -0.39 is 0 Å². The third-order valence-electron chi connectivity index (χ3n) is 8.91. The van der Waals surface area contributed by atoms with E-state index in [1.807, 2.05) is 98.8 Å². The fourth-order valence-corrected chi connectivity index (χ4v) is 5.67. The normalized spacial score (nSPS) is 12.1. The predicted octanol–water partition coefficient (Wildman–Crippen LogP) is 11.3. The van der Waals surface area contributed by atoms with Crippen molar-refractivity contribution in [1.29, 1.82) is 0 Å². The SMILES string of the molecule is C[C@@H](CCCCCCCCCCCC[C@H](C)C(=O)Oc1ccc(OCc2ccccc2)cc1)C(=O)Oc1ccc(OCc2ccccc2)cc1. The quantitative estimate of drug-likeness (QED) is 0.0442. The highest BCUT2D eigenvalue weighted by atomic mass is 16.5. The minimum Gasteiger partial charge on any atom is -0.489 e. The Kier molecular flexibility index (Phi) is 17.0. The zero-order valence-electron chi connectivity index (χ0n) is 29.9. The number of unbranched alkanes of at least 4 members (excludes halogenated alkanes) is 9. The van der Waals surface area contributed by atoms with Crippen molar-refractivity contribution in [2.24, 2.45) is 11.8 Å². The topological polar surface area (TPSA) is 71.1 Å². The molecule has 0 amide bonds. The van der Waals surface area contributed by atoms with Crippen molar-refractivity contribution in [2.45, 2.75) is 104 Å². The summed E-state index contributed by atoms with van der Waals surface area (Å²) in [5.74, 6) is 2.00. The van der Waals surface area contributed by atoms with Gasteiger partial charge in [0, 0.05) is 0 Å². The van der Waals surface area contributed by atoms with Gasteiger partial charge in [-0.05, 0) is 72.5 Å². The van der Waals surface area contributed by atoms with Gasteiger partial charge in [0.2, 0.25) is 0 Å². The molecule has 0 aromatic heterocycles. The average molecular weight is 679 g/mol. The van der Waals surface area contributed by atoms with Crippen LogP contribution in [0.25, 0.3) is 0 Å². The van der Waals surface area contributed by atoms with Gasteiger partial charge in [-0.15, -0.1) is 0 Å². The van der Waals surface area contributed by atoms with Crippen LogP contribution in [0.5, 0.6) is 23.0 Å². The highest BCUT2D eigenvalue weighted by molar-refractivity contribution is 5.75.